The molecule has 4 bridgehead atoms. The molecule has 0 aromatic rings. The van der Waals surface area contributed by atoms with E-state index in [2.05, 4.69) is 4.90 Å². The summed E-state index contributed by atoms with van der Waals surface area (Å²) in [4.78, 5) is 44.5. The number of carbonyl (C=O) groups is 3. The van der Waals surface area contributed by atoms with Crippen molar-refractivity contribution in [1.82, 2.24) is 14.7 Å². The lowest BCUT2D eigenvalue weighted by Crippen LogP contribution is -2.59. The molecule has 37 heavy (non-hydrogen) atoms. The number of hydrogen-bond acceptors (Lipinski definition) is 7. The van der Waals surface area contributed by atoms with Crippen molar-refractivity contribution in [3.8, 4) is 0 Å². The van der Waals surface area contributed by atoms with Crippen LogP contribution in [0.4, 0.5) is 9.59 Å². The van der Waals surface area contributed by atoms with Gasteiger partial charge in [-0.25, -0.2) is 9.59 Å². The van der Waals surface area contributed by atoms with Crippen molar-refractivity contribution in [2.75, 3.05) is 52.5 Å². The molecule has 2 unspecified atom stereocenters. The Balaban J connectivity index is 1.19. The molecule has 3 amide bonds. The SMILES string of the molecule is CC(C)(C)OC(=O)N(CCN1CCOCC1)[C@@H]1CCN(C(=O)OC2C3CC4CC2CC(C(N)=O)(C4)C3)C1. The van der Waals surface area contributed by atoms with Gasteiger partial charge >= 0.3 is 12.2 Å². The van der Waals surface area contributed by atoms with E-state index in [4.69, 9.17) is 19.9 Å². The average Bonchev–Trinajstić information content (AvgIpc) is 3.30. The van der Waals surface area contributed by atoms with Crippen LogP contribution in [0.25, 0.3) is 0 Å². The van der Waals surface area contributed by atoms with E-state index in [1.165, 1.54) is 0 Å². The number of amides is 3. The molecule has 6 aliphatic rings. The molecule has 10 nitrogen and oxygen atoms in total. The highest BCUT2D eigenvalue weighted by Crippen LogP contribution is 2.60. The topological polar surface area (TPSA) is 115 Å². The lowest BCUT2D eigenvalue weighted by molar-refractivity contribution is -0.161. The van der Waals surface area contributed by atoms with Crippen LogP contribution < -0.4 is 5.73 Å². The first-order valence-electron chi connectivity index (χ1n) is 14.1. The minimum Gasteiger partial charge on any atom is -0.446 e. The number of likely N-dealkylation sites (tertiary alicyclic amines) is 1. The van der Waals surface area contributed by atoms with Crippen LogP contribution >= 0.6 is 0 Å². The van der Waals surface area contributed by atoms with Gasteiger partial charge in [0.05, 0.1) is 24.7 Å². The number of nitrogens with zero attached hydrogens (tertiary/aromatic N) is 3. The monoisotopic (exact) mass is 520 g/mol. The summed E-state index contributed by atoms with van der Waals surface area (Å²) in [5, 5.41) is 0. The summed E-state index contributed by atoms with van der Waals surface area (Å²) < 4.78 is 17.3. The molecule has 6 fully saturated rings. The summed E-state index contributed by atoms with van der Waals surface area (Å²) in [6, 6.07) is -0.111. The Morgan fingerprint density at radius 2 is 1.73 bits per heavy atom. The van der Waals surface area contributed by atoms with E-state index >= 15 is 0 Å². The second kappa shape index (κ2) is 10.2. The van der Waals surface area contributed by atoms with Crippen molar-refractivity contribution >= 4 is 18.1 Å². The summed E-state index contributed by atoms with van der Waals surface area (Å²) >= 11 is 0. The van der Waals surface area contributed by atoms with Gasteiger partial charge in [-0.2, -0.15) is 0 Å². The quantitative estimate of drug-likeness (QED) is 0.572. The lowest BCUT2D eigenvalue weighted by Gasteiger charge is -2.58. The van der Waals surface area contributed by atoms with Gasteiger partial charge in [0.15, 0.2) is 0 Å². The van der Waals surface area contributed by atoms with Crippen LogP contribution in [0.1, 0.15) is 59.3 Å². The van der Waals surface area contributed by atoms with Gasteiger partial charge in [0.1, 0.15) is 11.7 Å². The van der Waals surface area contributed by atoms with Crippen LogP contribution in [0.2, 0.25) is 0 Å². The highest BCUT2D eigenvalue weighted by atomic mass is 16.6. The number of morpholine rings is 1. The number of ether oxygens (including phenoxy) is 3. The van der Waals surface area contributed by atoms with Crippen LogP contribution in [0, 0.1) is 23.2 Å². The second-order valence-corrected chi connectivity index (χ2v) is 13.0. The van der Waals surface area contributed by atoms with Crippen molar-refractivity contribution in [2.45, 2.75) is 77.0 Å². The molecule has 0 radical (unpaired) electrons. The van der Waals surface area contributed by atoms with E-state index in [0.29, 0.717) is 45.2 Å². The van der Waals surface area contributed by atoms with Crippen LogP contribution in [-0.2, 0) is 19.0 Å². The summed E-state index contributed by atoms with van der Waals surface area (Å²) in [5.41, 5.74) is 4.82. The van der Waals surface area contributed by atoms with E-state index in [-0.39, 0.29) is 42.1 Å². The average molecular weight is 521 g/mol. The van der Waals surface area contributed by atoms with Gasteiger partial charge in [-0.15, -0.1) is 0 Å². The van der Waals surface area contributed by atoms with Crippen molar-refractivity contribution in [1.29, 1.82) is 0 Å². The van der Waals surface area contributed by atoms with E-state index in [9.17, 15) is 14.4 Å². The summed E-state index contributed by atoms with van der Waals surface area (Å²) in [6.45, 7) is 11.0. The molecule has 0 aromatic heterocycles. The first-order valence-corrected chi connectivity index (χ1v) is 14.1. The fourth-order valence-electron chi connectivity index (χ4n) is 7.64. The molecule has 2 saturated heterocycles. The van der Waals surface area contributed by atoms with Crippen LogP contribution in [0.3, 0.4) is 0 Å². The fraction of sp³-hybridized carbons (Fsp3) is 0.889. The van der Waals surface area contributed by atoms with Gasteiger partial charge in [0, 0.05) is 39.3 Å². The maximum atomic E-state index is 13.3. The van der Waals surface area contributed by atoms with Crippen molar-refractivity contribution in [2.24, 2.45) is 28.9 Å². The molecule has 2 heterocycles. The Labute approximate surface area is 220 Å². The molecular weight excluding hydrogens is 476 g/mol. The van der Waals surface area contributed by atoms with Gasteiger partial charge in [-0.1, -0.05) is 0 Å². The summed E-state index contributed by atoms with van der Waals surface area (Å²) in [5.74, 6) is 0.768. The van der Waals surface area contributed by atoms with Crippen LogP contribution in [0.15, 0.2) is 0 Å². The lowest BCUT2D eigenvalue weighted by atomic mass is 9.48. The van der Waals surface area contributed by atoms with Crippen LogP contribution in [0.5, 0.6) is 0 Å². The first-order chi connectivity index (χ1) is 17.5. The van der Waals surface area contributed by atoms with Crippen molar-refractivity contribution in [3.63, 3.8) is 0 Å². The molecule has 2 aliphatic heterocycles. The van der Waals surface area contributed by atoms with Gasteiger partial charge in [-0.05, 0) is 77.0 Å². The van der Waals surface area contributed by atoms with Gasteiger partial charge in [0.2, 0.25) is 5.91 Å². The molecule has 4 saturated carbocycles. The molecule has 4 aliphatic carbocycles. The normalized spacial score (nSPS) is 35.4. The number of rotatable bonds is 6. The Morgan fingerprint density at radius 3 is 2.35 bits per heavy atom. The zero-order valence-electron chi connectivity index (χ0n) is 22.7. The molecule has 3 atom stereocenters. The van der Waals surface area contributed by atoms with Crippen LogP contribution in [-0.4, -0.2) is 103 Å². The Morgan fingerprint density at radius 1 is 1.05 bits per heavy atom. The standard InChI is InChI=1S/C27H44N4O6/c1-26(2,3)37-25(34)31(7-6-29-8-10-35-11-9-29)21-4-5-30(17-21)24(33)36-22-19-12-18-13-20(22)16-27(14-18,15-19)23(28)32/h18-22H,4-17H2,1-3H3,(H2,28,32)/t18?,19?,20?,21-,22?,27?/m1/s1. The Bertz CT molecular complexity index is 869. The Kier molecular flexibility index (Phi) is 7.35. The van der Waals surface area contributed by atoms with Crippen molar-refractivity contribution < 1.29 is 28.6 Å². The van der Waals surface area contributed by atoms with E-state index in [1.54, 1.807) is 9.80 Å². The molecular formula is C27H44N4O6. The number of hydrogen-bond donors (Lipinski definition) is 1. The number of nitrogens with two attached hydrogens (primary N) is 1. The molecule has 208 valence electrons. The fourth-order valence-corrected chi connectivity index (χ4v) is 7.64. The zero-order chi connectivity index (χ0) is 26.4. The molecule has 0 spiro atoms. The first kappa shape index (κ1) is 26.5. The predicted molar refractivity (Wildman–Crippen MR) is 136 cm³/mol. The zero-order valence-corrected chi connectivity index (χ0v) is 22.7. The highest BCUT2D eigenvalue weighted by molar-refractivity contribution is 5.81. The predicted octanol–water partition coefficient (Wildman–Crippen LogP) is 2.45. The van der Waals surface area contributed by atoms with E-state index in [1.807, 2.05) is 20.8 Å². The molecule has 6 rings (SSSR count). The summed E-state index contributed by atoms with van der Waals surface area (Å²) in [6.07, 6.45) is 4.33. The largest absolute Gasteiger partial charge is 0.446 e. The van der Waals surface area contributed by atoms with Crippen molar-refractivity contribution in [3.05, 3.63) is 0 Å². The van der Waals surface area contributed by atoms with Gasteiger partial charge in [-0.3, -0.25) is 9.69 Å². The Hall–Kier alpha value is -2.07. The maximum absolute atomic E-state index is 13.3. The minimum absolute atomic E-state index is 0.111. The molecule has 10 heteroatoms. The maximum Gasteiger partial charge on any atom is 0.410 e. The number of primary amides is 1. The third-order valence-corrected chi connectivity index (χ3v) is 9.20. The summed E-state index contributed by atoms with van der Waals surface area (Å²) in [7, 11) is 0. The van der Waals surface area contributed by atoms with Gasteiger partial charge < -0.3 is 29.7 Å². The number of carbonyl (C=O) groups excluding carboxylic acids is 3. The van der Waals surface area contributed by atoms with Gasteiger partial charge in [0.25, 0.3) is 0 Å². The smallest absolute Gasteiger partial charge is 0.410 e. The molecule has 2 N–H and O–H groups in total. The second-order valence-electron chi connectivity index (χ2n) is 13.0. The third kappa shape index (κ3) is 5.70. The molecule has 0 aromatic carbocycles. The van der Waals surface area contributed by atoms with E-state index < -0.39 is 11.0 Å². The van der Waals surface area contributed by atoms with E-state index in [0.717, 1.165) is 51.7 Å². The minimum atomic E-state index is -0.590. The third-order valence-electron chi connectivity index (χ3n) is 9.20. The highest BCUT2D eigenvalue weighted by Gasteiger charge is 2.59.